The molecule has 0 aliphatic rings. The second-order valence-corrected chi connectivity index (χ2v) is 2.45. The molecule has 0 aromatic heterocycles. The smallest absolute Gasteiger partial charge is 0.186 e. The van der Waals surface area contributed by atoms with Gasteiger partial charge >= 0.3 is 0 Å². The molecule has 4 heteroatoms. The summed E-state index contributed by atoms with van der Waals surface area (Å²) in [4.78, 5) is 0. The molecule has 0 fully saturated rings. The summed E-state index contributed by atoms with van der Waals surface area (Å²) in [5.74, 6) is 0.602. The van der Waals surface area contributed by atoms with E-state index in [0.29, 0.717) is 12.3 Å². The zero-order valence-corrected chi connectivity index (χ0v) is 7.23. The molecule has 0 radical (unpaired) electrons. The van der Waals surface area contributed by atoms with E-state index in [-0.39, 0.29) is 13.4 Å². The van der Waals surface area contributed by atoms with Crippen LogP contribution in [0.2, 0.25) is 0 Å². The van der Waals surface area contributed by atoms with Crippen LogP contribution in [0.4, 0.5) is 5.69 Å². The van der Waals surface area contributed by atoms with E-state index in [1.54, 1.807) is 12.1 Å². The third kappa shape index (κ3) is 3.31. The van der Waals surface area contributed by atoms with E-state index in [4.69, 9.17) is 14.9 Å². The van der Waals surface area contributed by atoms with Gasteiger partial charge in [0.2, 0.25) is 0 Å². The summed E-state index contributed by atoms with van der Waals surface area (Å²) in [6.07, 6.45) is 0. The van der Waals surface area contributed by atoms with Crippen molar-refractivity contribution in [1.82, 2.24) is 0 Å². The first-order valence-corrected chi connectivity index (χ1v) is 4.05. The number of anilines is 1. The van der Waals surface area contributed by atoms with Crippen LogP contribution in [0.15, 0.2) is 24.3 Å². The molecule has 1 aromatic carbocycles. The molecule has 72 valence electrons. The maximum atomic E-state index is 8.57. The highest BCUT2D eigenvalue weighted by Gasteiger charge is 1.94. The molecule has 0 aliphatic carbocycles. The monoisotopic (exact) mass is 183 g/mol. The molecule has 3 N–H and O–H groups in total. The quantitative estimate of drug-likeness (QED) is 0.579. The lowest BCUT2D eigenvalue weighted by Crippen LogP contribution is -2.05. The third-order valence-electron chi connectivity index (χ3n) is 1.51. The molecule has 0 bridgehead atoms. The summed E-state index contributed by atoms with van der Waals surface area (Å²) in [6.45, 7) is 0.261. The maximum absolute atomic E-state index is 8.57. The van der Waals surface area contributed by atoms with Gasteiger partial charge in [0.25, 0.3) is 0 Å². The van der Waals surface area contributed by atoms with Crippen molar-refractivity contribution in [3.8, 4) is 5.75 Å². The number of aliphatic hydroxyl groups excluding tert-OH is 2. The predicted octanol–water partition coefficient (Wildman–Crippen LogP) is 0.419. The Hall–Kier alpha value is -1.26. The number of benzene rings is 1. The highest BCUT2D eigenvalue weighted by Crippen LogP contribution is 2.16. The van der Waals surface area contributed by atoms with Crippen LogP contribution in [0.5, 0.6) is 5.75 Å². The molecular formula is C9H13NO3. The molecule has 0 saturated heterocycles. The number of hydrogen-bond donors (Lipinski definition) is 3. The van der Waals surface area contributed by atoms with E-state index < -0.39 is 0 Å². The van der Waals surface area contributed by atoms with Crippen LogP contribution in [-0.4, -0.2) is 30.2 Å². The molecule has 0 spiro atoms. The Balaban J connectivity index is 2.56. The van der Waals surface area contributed by atoms with Crippen molar-refractivity contribution < 1.29 is 14.9 Å². The van der Waals surface area contributed by atoms with Gasteiger partial charge in [0, 0.05) is 18.3 Å². The van der Waals surface area contributed by atoms with Gasteiger partial charge in [-0.25, -0.2) is 0 Å². The Bertz CT molecular complexity index is 252. The molecule has 0 heterocycles. The van der Waals surface area contributed by atoms with Crippen LogP contribution in [0.1, 0.15) is 0 Å². The van der Waals surface area contributed by atoms with Crippen molar-refractivity contribution in [2.24, 2.45) is 0 Å². The van der Waals surface area contributed by atoms with Gasteiger partial charge < -0.3 is 20.3 Å². The highest BCUT2D eigenvalue weighted by molar-refractivity contribution is 5.48. The van der Waals surface area contributed by atoms with E-state index in [2.05, 4.69) is 5.32 Å². The van der Waals surface area contributed by atoms with Gasteiger partial charge in [-0.15, -0.1) is 0 Å². The van der Waals surface area contributed by atoms with E-state index >= 15 is 0 Å². The zero-order valence-electron chi connectivity index (χ0n) is 7.23. The molecule has 1 rings (SSSR count). The average molecular weight is 183 g/mol. The molecule has 0 aliphatic heterocycles. The average Bonchev–Trinajstić information content (AvgIpc) is 2.16. The normalized spacial score (nSPS) is 9.69. The molecule has 4 nitrogen and oxygen atoms in total. The topological polar surface area (TPSA) is 61.7 Å². The van der Waals surface area contributed by atoms with Gasteiger partial charge in [-0.1, -0.05) is 6.07 Å². The molecule has 0 unspecified atom stereocenters. The first-order chi connectivity index (χ1) is 6.36. The van der Waals surface area contributed by atoms with Gasteiger partial charge in [0.1, 0.15) is 5.75 Å². The van der Waals surface area contributed by atoms with E-state index in [1.807, 2.05) is 12.1 Å². The summed E-state index contributed by atoms with van der Waals surface area (Å²) >= 11 is 0. The Morgan fingerprint density at radius 2 is 2.15 bits per heavy atom. The Labute approximate surface area is 76.8 Å². The minimum absolute atomic E-state index is 0.0884. The first kappa shape index (κ1) is 9.83. The maximum Gasteiger partial charge on any atom is 0.186 e. The molecular weight excluding hydrogens is 170 g/mol. The van der Waals surface area contributed by atoms with Crippen molar-refractivity contribution in [3.05, 3.63) is 24.3 Å². The van der Waals surface area contributed by atoms with Crippen molar-refractivity contribution in [3.63, 3.8) is 0 Å². The molecule has 0 saturated carbocycles. The van der Waals surface area contributed by atoms with Crippen molar-refractivity contribution >= 4 is 5.69 Å². The second-order valence-electron chi connectivity index (χ2n) is 2.45. The Morgan fingerprint density at radius 3 is 2.85 bits per heavy atom. The largest absolute Gasteiger partial charge is 0.468 e. The van der Waals surface area contributed by atoms with Gasteiger partial charge in [-0.2, -0.15) is 0 Å². The van der Waals surface area contributed by atoms with E-state index in [9.17, 15) is 0 Å². The standard InChI is InChI=1S/C9H13NO3/c11-5-4-10-8-2-1-3-9(6-8)13-7-12/h1-3,6,10-12H,4-5,7H2. The molecule has 13 heavy (non-hydrogen) atoms. The highest BCUT2D eigenvalue weighted by atomic mass is 16.6. The van der Waals surface area contributed by atoms with Gasteiger partial charge in [-0.3, -0.25) is 0 Å². The lowest BCUT2D eigenvalue weighted by atomic mass is 10.3. The number of nitrogens with one attached hydrogen (secondary N) is 1. The van der Waals surface area contributed by atoms with Gasteiger partial charge in [0.15, 0.2) is 6.79 Å². The van der Waals surface area contributed by atoms with Crippen LogP contribution in [0, 0.1) is 0 Å². The minimum Gasteiger partial charge on any atom is -0.468 e. The fourth-order valence-corrected chi connectivity index (χ4v) is 0.971. The van der Waals surface area contributed by atoms with Crippen LogP contribution in [0.25, 0.3) is 0 Å². The molecule has 1 aromatic rings. The van der Waals surface area contributed by atoms with Crippen LogP contribution in [-0.2, 0) is 0 Å². The summed E-state index contributed by atoms with van der Waals surface area (Å²) in [5, 5.41) is 20.1. The lowest BCUT2D eigenvalue weighted by molar-refractivity contribution is 0.0986. The number of rotatable bonds is 5. The number of ether oxygens (including phenoxy) is 1. The summed E-state index contributed by atoms with van der Waals surface area (Å²) in [6, 6.07) is 7.18. The lowest BCUT2D eigenvalue weighted by Gasteiger charge is -2.06. The van der Waals surface area contributed by atoms with Crippen LogP contribution < -0.4 is 10.1 Å². The molecule has 0 atom stereocenters. The SMILES string of the molecule is OCCNc1cccc(OCO)c1. The zero-order chi connectivity index (χ0) is 9.52. The van der Waals surface area contributed by atoms with Crippen molar-refractivity contribution in [1.29, 1.82) is 0 Å². The van der Waals surface area contributed by atoms with E-state index in [0.717, 1.165) is 5.69 Å². The number of hydrogen-bond acceptors (Lipinski definition) is 4. The summed E-state index contributed by atoms with van der Waals surface area (Å²) in [5.41, 5.74) is 0.861. The predicted molar refractivity (Wildman–Crippen MR) is 49.7 cm³/mol. The Morgan fingerprint density at radius 1 is 1.31 bits per heavy atom. The minimum atomic E-state index is -0.330. The fraction of sp³-hybridized carbons (Fsp3) is 0.333. The summed E-state index contributed by atoms with van der Waals surface area (Å²) < 4.78 is 4.88. The summed E-state index contributed by atoms with van der Waals surface area (Å²) in [7, 11) is 0. The van der Waals surface area contributed by atoms with Crippen LogP contribution >= 0.6 is 0 Å². The Kier molecular flexibility index (Phi) is 4.08. The third-order valence-corrected chi connectivity index (χ3v) is 1.51. The van der Waals surface area contributed by atoms with E-state index in [1.165, 1.54) is 0 Å². The first-order valence-electron chi connectivity index (χ1n) is 4.05. The van der Waals surface area contributed by atoms with Gasteiger partial charge in [-0.05, 0) is 12.1 Å². The fourth-order valence-electron chi connectivity index (χ4n) is 0.971. The van der Waals surface area contributed by atoms with Crippen LogP contribution in [0.3, 0.4) is 0 Å². The number of aliphatic hydroxyl groups is 2. The van der Waals surface area contributed by atoms with Gasteiger partial charge in [0.05, 0.1) is 6.61 Å². The van der Waals surface area contributed by atoms with Crippen molar-refractivity contribution in [2.45, 2.75) is 0 Å². The second kappa shape index (κ2) is 5.40. The molecule has 0 amide bonds. The van der Waals surface area contributed by atoms with Crippen molar-refractivity contribution in [2.75, 3.05) is 25.3 Å².